The van der Waals surface area contributed by atoms with Gasteiger partial charge in [-0.2, -0.15) is 0 Å². The number of hydrogen-bond donors (Lipinski definition) is 1. The molecule has 0 saturated carbocycles. The predicted molar refractivity (Wildman–Crippen MR) is 87.3 cm³/mol. The lowest BCUT2D eigenvalue weighted by molar-refractivity contribution is 0.443. The fraction of sp³-hybridized carbons (Fsp3) is 0.562. The lowest BCUT2D eigenvalue weighted by Crippen LogP contribution is -2.29. The minimum Gasteiger partial charge on any atom is -0.335 e. The van der Waals surface area contributed by atoms with Gasteiger partial charge in [-0.15, -0.1) is 0 Å². The van der Waals surface area contributed by atoms with Gasteiger partial charge in [-0.1, -0.05) is 50.2 Å². The van der Waals surface area contributed by atoms with Crippen LogP contribution in [0.1, 0.15) is 45.6 Å². The molecule has 1 aliphatic rings. The van der Waals surface area contributed by atoms with Crippen LogP contribution in [0.4, 0.5) is 5.69 Å². The van der Waals surface area contributed by atoms with Gasteiger partial charge >= 0.3 is 0 Å². The molecule has 19 heavy (non-hydrogen) atoms. The van der Waals surface area contributed by atoms with E-state index in [0.29, 0.717) is 0 Å². The molecular weight excluding hydrogens is 252 g/mol. The average Bonchev–Trinajstić information content (AvgIpc) is 2.41. The highest BCUT2D eigenvalue weighted by Crippen LogP contribution is 2.30. The maximum Gasteiger partial charge on any atom is 0.161 e. The number of anilines is 1. The molecule has 0 radical (unpaired) electrons. The van der Waals surface area contributed by atoms with Crippen LogP contribution in [0.3, 0.4) is 0 Å². The van der Waals surface area contributed by atoms with Crippen LogP contribution < -0.4 is 5.32 Å². The predicted octanol–water partition coefficient (Wildman–Crippen LogP) is 4.71. The molecule has 0 fully saturated rings. The van der Waals surface area contributed by atoms with Crippen molar-refractivity contribution in [1.29, 1.82) is 0 Å². The fourth-order valence-electron chi connectivity index (χ4n) is 2.27. The molecule has 3 heteroatoms. The molecule has 0 amide bonds. The topological polar surface area (TPSA) is 24.4 Å². The Morgan fingerprint density at radius 1 is 1.32 bits per heavy atom. The number of benzene rings is 1. The van der Waals surface area contributed by atoms with Crippen LogP contribution in [-0.2, 0) is 6.42 Å². The van der Waals surface area contributed by atoms with E-state index < -0.39 is 0 Å². The van der Waals surface area contributed by atoms with Crippen LogP contribution in [0.2, 0.25) is 0 Å². The lowest BCUT2D eigenvalue weighted by Gasteiger charge is -2.29. The largest absolute Gasteiger partial charge is 0.335 e. The zero-order valence-corrected chi connectivity index (χ0v) is 13.0. The Morgan fingerprint density at radius 3 is 2.84 bits per heavy atom. The smallest absolute Gasteiger partial charge is 0.161 e. The van der Waals surface area contributed by atoms with E-state index in [1.807, 2.05) is 11.8 Å². The van der Waals surface area contributed by atoms with Crippen molar-refractivity contribution in [2.75, 3.05) is 11.1 Å². The van der Waals surface area contributed by atoms with E-state index in [-0.39, 0.29) is 5.54 Å². The average molecular weight is 276 g/mol. The van der Waals surface area contributed by atoms with E-state index in [1.54, 1.807) is 0 Å². The summed E-state index contributed by atoms with van der Waals surface area (Å²) in [4.78, 5) is 4.90. The van der Waals surface area contributed by atoms with Crippen molar-refractivity contribution < 1.29 is 0 Å². The summed E-state index contributed by atoms with van der Waals surface area (Å²) < 4.78 is 0. The van der Waals surface area contributed by atoms with Gasteiger partial charge in [-0.3, -0.25) is 4.99 Å². The van der Waals surface area contributed by atoms with Gasteiger partial charge in [0.15, 0.2) is 5.17 Å². The Hall–Kier alpha value is -0.960. The molecule has 0 saturated heterocycles. The number of hydrogen-bond acceptors (Lipinski definition) is 3. The van der Waals surface area contributed by atoms with Gasteiger partial charge in [0.25, 0.3) is 0 Å². The maximum absolute atomic E-state index is 4.90. The van der Waals surface area contributed by atoms with Crippen molar-refractivity contribution in [3.63, 3.8) is 0 Å². The van der Waals surface area contributed by atoms with E-state index in [9.17, 15) is 0 Å². The monoisotopic (exact) mass is 276 g/mol. The van der Waals surface area contributed by atoms with E-state index >= 15 is 0 Å². The molecule has 0 spiro atoms. The summed E-state index contributed by atoms with van der Waals surface area (Å²) >= 11 is 1.84. The molecule has 2 nitrogen and oxygen atoms in total. The summed E-state index contributed by atoms with van der Waals surface area (Å²) in [6.45, 7) is 6.70. The first-order valence-corrected chi connectivity index (χ1v) is 8.23. The van der Waals surface area contributed by atoms with E-state index in [1.165, 1.54) is 24.1 Å². The van der Waals surface area contributed by atoms with Crippen molar-refractivity contribution >= 4 is 22.6 Å². The zero-order valence-electron chi connectivity index (χ0n) is 12.2. The molecule has 104 valence electrons. The highest BCUT2D eigenvalue weighted by Gasteiger charge is 2.26. The summed E-state index contributed by atoms with van der Waals surface area (Å²) in [6.07, 6.45) is 4.57. The van der Waals surface area contributed by atoms with Crippen LogP contribution in [0.5, 0.6) is 0 Å². The standard InChI is InChI=1S/C16H24N2S/c1-4-8-13-9-6-7-10-14(13)17-15-18-16(3,5-2)11-12-19-15/h6-7,9-10H,4-5,8,11-12H2,1-3H3,(H,17,18). The Bertz CT molecular complexity index is 456. The highest BCUT2D eigenvalue weighted by atomic mass is 32.2. The number of aryl methyl sites for hydroxylation is 1. The fourth-order valence-corrected chi connectivity index (χ4v) is 3.47. The Morgan fingerprint density at radius 2 is 2.11 bits per heavy atom. The first-order chi connectivity index (χ1) is 9.17. The quantitative estimate of drug-likeness (QED) is 0.861. The number of para-hydroxylation sites is 1. The summed E-state index contributed by atoms with van der Waals surface area (Å²) in [7, 11) is 0. The first kappa shape index (κ1) is 14.4. The van der Waals surface area contributed by atoms with Crippen molar-refractivity contribution in [3.8, 4) is 0 Å². The van der Waals surface area contributed by atoms with E-state index in [0.717, 1.165) is 23.8 Å². The Labute approximate surface area is 121 Å². The van der Waals surface area contributed by atoms with Gasteiger partial charge in [0.2, 0.25) is 0 Å². The summed E-state index contributed by atoms with van der Waals surface area (Å²) in [6, 6.07) is 8.57. The number of thioether (sulfide) groups is 1. The minimum atomic E-state index is 0.118. The number of rotatable bonds is 4. The van der Waals surface area contributed by atoms with Crippen LogP contribution in [0.25, 0.3) is 0 Å². The van der Waals surface area contributed by atoms with E-state index in [4.69, 9.17) is 4.99 Å². The molecule has 1 aromatic carbocycles. The third-order valence-electron chi connectivity index (χ3n) is 3.79. The van der Waals surface area contributed by atoms with Gasteiger partial charge in [-0.25, -0.2) is 0 Å². The van der Waals surface area contributed by atoms with Gasteiger partial charge in [0.1, 0.15) is 0 Å². The van der Waals surface area contributed by atoms with Crippen LogP contribution in [-0.4, -0.2) is 16.5 Å². The van der Waals surface area contributed by atoms with Crippen LogP contribution >= 0.6 is 11.8 Å². The van der Waals surface area contributed by atoms with Gasteiger partial charge in [-0.05, 0) is 37.8 Å². The van der Waals surface area contributed by atoms with Crippen LogP contribution in [0.15, 0.2) is 29.3 Å². The molecular formula is C16H24N2S. The highest BCUT2D eigenvalue weighted by molar-refractivity contribution is 8.14. The van der Waals surface area contributed by atoms with Crippen LogP contribution in [0, 0.1) is 0 Å². The second-order valence-corrected chi connectivity index (χ2v) is 6.48. The molecule has 0 bridgehead atoms. The van der Waals surface area contributed by atoms with Gasteiger partial charge in [0, 0.05) is 11.4 Å². The SMILES string of the molecule is CCCc1ccccc1NC1=NC(C)(CC)CCS1. The molecule has 1 heterocycles. The molecule has 1 atom stereocenters. The zero-order chi connectivity index (χ0) is 13.7. The van der Waals surface area contributed by atoms with Crippen molar-refractivity contribution in [2.45, 2.75) is 52.0 Å². The van der Waals surface area contributed by atoms with Crippen molar-refractivity contribution in [3.05, 3.63) is 29.8 Å². The first-order valence-electron chi connectivity index (χ1n) is 7.24. The molecule has 1 N–H and O–H groups in total. The number of nitrogens with one attached hydrogen (secondary N) is 1. The van der Waals surface area contributed by atoms with Gasteiger partial charge in [0.05, 0.1) is 5.54 Å². The number of amidine groups is 1. The number of nitrogens with zero attached hydrogens (tertiary/aromatic N) is 1. The van der Waals surface area contributed by atoms with Crippen molar-refractivity contribution in [1.82, 2.24) is 0 Å². The molecule has 0 aliphatic carbocycles. The summed E-state index contributed by atoms with van der Waals surface area (Å²) in [5, 5.41) is 4.62. The maximum atomic E-state index is 4.90. The Balaban J connectivity index is 2.17. The van der Waals surface area contributed by atoms with E-state index in [2.05, 4.69) is 50.4 Å². The summed E-state index contributed by atoms with van der Waals surface area (Å²) in [5.41, 5.74) is 2.72. The van der Waals surface area contributed by atoms with Gasteiger partial charge < -0.3 is 5.32 Å². The second kappa shape index (κ2) is 6.47. The molecule has 1 aromatic rings. The van der Waals surface area contributed by atoms with Crippen molar-refractivity contribution in [2.24, 2.45) is 4.99 Å². The lowest BCUT2D eigenvalue weighted by atomic mass is 9.97. The second-order valence-electron chi connectivity index (χ2n) is 5.40. The molecule has 2 rings (SSSR count). The Kier molecular flexibility index (Phi) is 4.92. The molecule has 0 aromatic heterocycles. The molecule has 1 aliphatic heterocycles. The number of aliphatic imine (C=N–C) groups is 1. The third kappa shape index (κ3) is 3.75. The normalized spacial score (nSPS) is 23.0. The summed E-state index contributed by atoms with van der Waals surface area (Å²) in [5.74, 6) is 1.16. The third-order valence-corrected chi connectivity index (χ3v) is 4.67. The molecule has 1 unspecified atom stereocenters. The minimum absolute atomic E-state index is 0.118.